The maximum Gasteiger partial charge on any atom is 0.0954 e. The monoisotopic (exact) mass is 180 g/mol. The van der Waals surface area contributed by atoms with E-state index in [0.29, 0.717) is 11.7 Å². The lowest BCUT2D eigenvalue weighted by atomic mass is 9.83. The lowest BCUT2D eigenvalue weighted by Crippen LogP contribution is -2.20. The Morgan fingerprint density at radius 2 is 2.46 bits per heavy atom. The maximum atomic E-state index is 5.86. The van der Waals surface area contributed by atoms with E-state index in [1.54, 1.807) is 5.57 Å². The standard InChI is InChI=1S/C12H20O/c1-3-5-7-12-8-6-10(4-2)9-11(12)13-12/h4,11H,3,5-9H2,1-2H3. The largest absolute Gasteiger partial charge is 0.366 e. The molecule has 1 saturated heterocycles. The first kappa shape index (κ1) is 9.26. The SMILES string of the molecule is CC=C1CCC2(CCCC)OC2C1. The predicted octanol–water partition coefficient (Wildman–Crippen LogP) is 3.44. The van der Waals surface area contributed by atoms with Crippen LogP contribution in [0.4, 0.5) is 0 Å². The summed E-state index contributed by atoms with van der Waals surface area (Å²) >= 11 is 0. The van der Waals surface area contributed by atoms with Crippen LogP contribution in [0.5, 0.6) is 0 Å². The lowest BCUT2D eigenvalue weighted by Gasteiger charge is -2.18. The van der Waals surface area contributed by atoms with Gasteiger partial charge in [-0.2, -0.15) is 0 Å². The van der Waals surface area contributed by atoms with Crippen molar-refractivity contribution in [3.63, 3.8) is 0 Å². The maximum absolute atomic E-state index is 5.86. The second-order valence-corrected chi connectivity index (χ2v) is 4.43. The third-order valence-corrected chi connectivity index (χ3v) is 3.59. The van der Waals surface area contributed by atoms with E-state index in [1.807, 2.05) is 0 Å². The Morgan fingerprint density at radius 1 is 1.62 bits per heavy atom. The molecule has 0 bridgehead atoms. The van der Waals surface area contributed by atoms with Crippen LogP contribution in [0.15, 0.2) is 11.6 Å². The number of hydrogen-bond donors (Lipinski definition) is 0. The van der Waals surface area contributed by atoms with E-state index >= 15 is 0 Å². The highest BCUT2D eigenvalue weighted by Gasteiger charge is 2.56. The first-order chi connectivity index (χ1) is 6.30. The lowest BCUT2D eigenvalue weighted by molar-refractivity contribution is 0.268. The van der Waals surface area contributed by atoms with Crippen LogP contribution in [0.25, 0.3) is 0 Å². The van der Waals surface area contributed by atoms with Gasteiger partial charge in [0.2, 0.25) is 0 Å². The van der Waals surface area contributed by atoms with Crippen molar-refractivity contribution in [2.24, 2.45) is 0 Å². The molecule has 2 fully saturated rings. The van der Waals surface area contributed by atoms with Crippen LogP contribution < -0.4 is 0 Å². The van der Waals surface area contributed by atoms with Gasteiger partial charge in [-0.3, -0.25) is 0 Å². The van der Waals surface area contributed by atoms with E-state index in [2.05, 4.69) is 19.9 Å². The van der Waals surface area contributed by atoms with Gasteiger partial charge in [0.15, 0.2) is 0 Å². The summed E-state index contributed by atoms with van der Waals surface area (Å²) in [6.07, 6.45) is 10.5. The number of hydrogen-bond acceptors (Lipinski definition) is 1. The van der Waals surface area contributed by atoms with Crippen molar-refractivity contribution in [2.75, 3.05) is 0 Å². The van der Waals surface area contributed by atoms with Gasteiger partial charge >= 0.3 is 0 Å². The van der Waals surface area contributed by atoms with Crippen molar-refractivity contribution < 1.29 is 4.74 Å². The van der Waals surface area contributed by atoms with Crippen LogP contribution in [0, 0.1) is 0 Å². The molecule has 1 saturated carbocycles. The highest BCUT2D eigenvalue weighted by Crippen LogP contribution is 2.52. The van der Waals surface area contributed by atoms with Gasteiger partial charge in [0.05, 0.1) is 11.7 Å². The first-order valence-electron chi connectivity index (χ1n) is 5.62. The number of allylic oxidation sites excluding steroid dienone is 1. The minimum absolute atomic E-state index is 0.336. The molecule has 0 amide bonds. The van der Waals surface area contributed by atoms with E-state index < -0.39 is 0 Å². The second-order valence-electron chi connectivity index (χ2n) is 4.43. The smallest absolute Gasteiger partial charge is 0.0954 e. The molecule has 0 aromatic rings. The molecule has 0 aromatic heterocycles. The number of fused-ring (bicyclic) bond motifs is 1. The van der Waals surface area contributed by atoms with Crippen LogP contribution >= 0.6 is 0 Å². The molecule has 0 spiro atoms. The van der Waals surface area contributed by atoms with Crippen LogP contribution in [0.3, 0.4) is 0 Å². The topological polar surface area (TPSA) is 12.5 Å². The van der Waals surface area contributed by atoms with E-state index in [9.17, 15) is 0 Å². The fourth-order valence-corrected chi connectivity index (χ4v) is 2.49. The molecule has 2 unspecified atom stereocenters. The Balaban J connectivity index is 1.88. The number of ether oxygens (including phenoxy) is 1. The Hall–Kier alpha value is -0.300. The van der Waals surface area contributed by atoms with Gasteiger partial charge in [-0.05, 0) is 32.6 Å². The van der Waals surface area contributed by atoms with Gasteiger partial charge in [-0.25, -0.2) is 0 Å². The summed E-state index contributed by atoms with van der Waals surface area (Å²) in [5.41, 5.74) is 1.94. The zero-order chi connectivity index (χ0) is 9.31. The Kier molecular flexibility index (Phi) is 2.46. The summed E-state index contributed by atoms with van der Waals surface area (Å²) in [5.74, 6) is 0. The highest BCUT2D eigenvalue weighted by molar-refractivity contribution is 5.18. The third kappa shape index (κ3) is 1.67. The molecular weight excluding hydrogens is 160 g/mol. The summed E-state index contributed by atoms with van der Waals surface area (Å²) in [6, 6.07) is 0. The molecule has 13 heavy (non-hydrogen) atoms. The van der Waals surface area contributed by atoms with E-state index in [-0.39, 0.29) is 0 Å². The summed E-state index contributed by atoms with van der Waals surface area (Å²) in [6.45, 7) is 4.41. The Labute approximate surface area is 81.2 Å². The van der Waals surface area contributed by atoms with Crippen LogP contribution in [-0.4, -0.2) is 11.7 Å². The van der Waals surface area contributed by atoms with Crippen molar-refractivity contribution in [3.8, 4) is 0 Å². The zero-order valence-electron chi connectivity index (χ0n) is 8.81. The van der Waals surface area contributed by atoms with Crippen molar-refractivity contribution in [2.45, 2.75) is 64.1 Å². The molecule has 2 atom stereocenters. The second kappa shape index (κ2) is 3.45. The predicted molar refractivity (Wildman–Crippen MR) is 54.7 cm³/mol. The molecule has 1 aliphatic heterocycles. The minimum Gasteiger partial charge on any atom is -0.366 e. The number of unbranched alkanes of at least 4 members (excludes halogenated alkanes) is 1. The number of epoxide rings is 1. The third-order valence-electron chi connectivity index (χ3n) is 3.59. The van der Waals surface area contributed by atoms with Crippen LogP contribution in [0.2, 0.25) is 0 Å². The summed E-state index contributed by atoms with van der Waals surface area (Å²) in [7, 11) is 0. The van der Waals surface area contributed by atoms with Crippen LogP contribution in [-0.2, 0) is 4.74 Å². The van der Waals surface area contributed by atoms with Crippen LogP contribution in [0.1, 0.15) is 52.4 Å². The van der Waals surface area contributed by atoms with Gasteiger partial charge < -0.3 is 4.74 Å². The van der Waals surface area contributed by atoms with Crippen molar-refractivity contribution in [1.82, 2.24) is 0 Å². The van der Waals surface area contributed by atoms with Gasteiger partial charge in [0.25, 0.3) is 0 Å². The van der Waals surface area contributed by atoms with Crippen molar-refractivity contribution >= 4 is 0 Å². The fourth-order valence-electron chi connectivity index (χ4n) is 2.49. The minimum atomic E-state index is 0.336. The number of rotatable bonds is 3. The molecule has 1 heterocycles. The molecule has 2 rings (SSSR count). The van der Waals surface area contributed by atoms with Gasteiger partial charge in [0.1, 0.15) is 0 Å². The van der Waals surface area contributed by atoms with Gasteiger partial charge in [-0.15, -0.1) is 0 Å². The summed E-state index contributed by atoms with van der Waals surface area (Å²) in [5, 5.41) is 0. The Morgan fingerprint density at radius 3 is 3.08 bits per heavy atom. The molecule has 0 aromatic carbocycles. The average Bonchev–Trinajstić information content (AvgIpc) is 2.88. The molecule has 1 nitrogen and oxygen atoms in total. The molecular formula is C12H20O. The van der Waals surface area contributed by atoms with E-state index in [1.165, 1.54) is 38.5 Å². The van der Waals surface area contributed by atoms with E-state index in [0.717, 1.165) is 0 Å². The van der Waals surface area contributed by atoms with E-state index in [4.69, 9.17) is 4.74 Å². The molecule has 2 aliphatic rings. The summed E-state index contributed by atoms with van der Waals surface area (Å²) in [4.78, 5) is 0. The van der Waals surface area contributed by atoms with Gasteiger partial charge in [0, 0.05) is 0 Å². The molecule has 1 heteroatoms. The molecule has 74 valence electrons. The molecule has 1 aliphatic carbocycles. The van der Waals surface area contributed by atoms with Crippen molar-refractivity contribution in [3.05, 3.63) is 11.6 Å². The Bertz CT molecular complexity index is 219. The summed E-state index contributed by atoms with van der Waals surface area (Å²) < 4.78 is 5.86. The van der Waals surface area contributed by atoms with Gasteiger partial charge in [-0.1, -0.05) is 31.4 Å². The highest BCUT2D eigenvalue weighted by atomic mass is 16.6. The normalized spacial score (nSPS) is 40.5. The van der Waals surface area contributed by atoms with Crippen molar-refractivity contribution in [1.29, 1.82) is 0 Å². The zero-order valence-corrected chi connectivity index (χ0v) is 8.81. The quantitative estimate of drug-likeness (QED) is 0.479. The average molecular weight is 180 g/mol. The molecule has 0 radical (unpaired) electrons. The fraction of sp³-hybridized carbons (Fsp3) is 0.833. The first-order valence-corrected chi connectivity index (χ1v) is 5.62. The molecule has 0 N–H and O–H groups in total.